The van der Waals surface area contributed by atoms with Gasteiger partial charge in [0.1, 0.15) is 0 Å². The van der Waals surface area contributed by atoms with Gasteiger partial charge in [-0.25, -0.2) is 17.9 Å². The average molecular weight is 391 g/mol. The van der Waals surface area contributed by atoms with E-state index in [0.717, 1.165) is 11.1 Å². The number of methoxy groups -OCH3 is 1. The summed E-state index contributed by atoms with van der Waals surface area (Å²) in [4.78, 5) is 11.8. The summed E-state index contributed by atoms with van der Waals surface area (Å²) in [7, 11) is -2.70. The lowest BCUT2D eigenvalue weighted by molar-refractivity contribution is 0.0596. The second-order valence-electron chi connectivity index (χ2n) is 6.77. The molecule has 0 bridgehead atoms. The Balaban J connectivity index is 2.18. The molecule has 0 aromatic heterocycles. The van der Waals surface area contributed by atoms with Crippen LogP contribution >= 0.6 is 0 Å². The molecule has 2 aromatic rings. The van der Waals surface area contributed by atoms with E-state index in [-0.39, 0.29) is 17.0 Å². The molecule has 2 rings (SSSR count). The highest BCUT2D eigenvalue weighted by atomic mass is 32.2. The topological polar surface area (TPSA) is 98.5 Å². The molecule has 7 heteroatoms. The van der Waals surface area contributed by atoms with Crippen molar-refractivity contribution in [3.8, 4) is 0 Å². The Bertz CT molecular complexity index is 906. The van der Waals surface area contributed by atoms with Gasteiger partial charge in [-0.05, 0) is 36.1 Å². The molecular formula is C20H26N2O4S. The Morgan fingerprint density at radius 3 is 2.26 bits per heavy atom. The van der Waals surface area contributed by atoms with Crippen LogP contribution in [0.3, 0.4) is 0 Å². The molecule has 0 radical (unpaired) electrons. The van der Waals surface area contributed by atoms with Crippen molar-refractivity contribution in [1.29, 1.82) is 0 Å². The Morgan fingerprint density at radius 1 is 1.11 bits per heavy atom. The quantitative estimate of drug-likeness (QED) is 0.708. The molecule has 0 aliphatic heterocycles. The summed E-state index contributed by atoms with van der Waals surface area (Å²) < 4.78 is 32.6. The molecule has 0 aliphatic carbocycles. The lowest BCUT2D eigenvalue weighted by Gasteiger charge is -2.16. The van der Waals surface area contributed by atoms with Crippen molar-refractivity contribution < 1.29 is 17.9 Å². The van der Waals surface area contributed by atoms with E-state index in [2.05, 4.69) is 18.6 Å². The maximum atomic E-state index is 12.7. The standard InChI is InChI=1S/C20H26N2O4S/c1-13(2)15-6-8-16(9-7-15)18(21)12-22-27(24,25)19-10-5-14(3)11-17(19)20(23)26-4/h5-11,13,18,22H,12,21H2,1-4H3. The van der Waals surface area contributed by atoms with E-state index in [1.54, 1.807) is 13.0 Å². The van der Waals surface area contributed by atoms with E-state index in [1.165, 1.54) is 24.8 Å². The number of ether oxygens (including phenoxy) is 1. The van der Waals surface area contributed by atoms with Crippen LogP contribution in [0.15, 0.2) is 47.4 Å². The zero-order valence-corrected chi connectivity index (χ0v) is 16.8. The number of carbonyl (C=O) groups excluding carboxylic acids is 1. The number of rotatable bonds is 7. The molecule has 0 fully saturated rings. The Kier molecular flexibility index (Phi) is 6.75. The highest BCUT2D eigenvalue weighted by Crippen LogP contribution is 2.20. The van der Waals surface area contributed by atoms with E-state index in [9.17, 15) is 13.2 Å². The lowest BCUT2D eigenvalue weighted by Crippen LogP contribution is -2.33. The van der Waals surface area contributed by atoms with Crippen LogP contribution in [-0.2, 0) is 14.8 Å². The van der Waals surface area contributed by atoms with Crippen molar-refractivity contribution in [3.63, 3.8) is 0 Å². The molecule has 3 N–H and O–H groups in total. The summed E-state index contributed by atoms with van der Waals surface area (Å²) in [6.45, 7) is 5.98. The van der Waals surface area contributed by atoms with Gasteiger partial charge in [0.25, 0.3) is 0 Å². The smallest absolute Gasteiger partial charge is 0.339 e. The SMILES string of the molecule is COC(=O)c1cc(C)ccc1S(=O)(=O)NCC(N)c1ccc(C(C)C)cc1. The highest BCUT2D eigenvalue weighted by Gasteiger charge is 2.24. The van der Waals surface area contributed by atoms with Crippen LogP contribution in [-0.4, -0.2) is 28.0 Å². The maximum absolute atomic E-state index is 12.7. The summed E-state index contributed by atoms with van der Waals surface area (Å²) in [5.74, 6) is -0.292. The first-order chi connectivity index (χ1) is 12.7. The minimum atomic E-state index is -3.92. The lowest BCUT2D eigenvalue weighted by atomic mass is 9.99. The predicted octanol–water partition coefficient (Wildman–Crippen LogP) is 2.88. The number of sulfonamides is 1. The van der Waals surface area contributed by atoms with E-state index < -0.39 is 22.0 Å². The van der Waals surface area contributed by atoms with Crippen LogP contribution in [0.1, 0.15) is 52.9 Å². The number of carbonyl (C=O) groups is 1. The third kappa shape index (κ3) is 5.15. The van der Waals surface area contributed by atoms with Crippen LogP contribution in [0.5, 0.6) is 0 Å². The first-order valence-electron chi connectivity index (χ1n) is 8.69. The van der Waals surface area contributed by atoms with Gasteiger partial charge in [-0.1, -0.05) is 49.7 Å². The number of benzene rings is 2. The molecule has 6 nitrogen and oxygen atoms in total. The van der Waals surface area contributed by atoms with Crippen LogP contribution in [0, 0.1) is 6.92 Å². The second kappa shape index (κ2) is 8.65. The first-order valence-corrected chi connectivity index (χ1v) is 10.2. The van der Waals surface area contributed by atoms with Crippen molar-refractivity contribution in [3.05, 3.63) is 64.7 Å². The van der Waals surface area contributed by atoms with Crippen molar-refractivity contribution in [2.45, 2.75) is 37.6 Å². The third-order valence-corrected chi connectivity index (χ3v) is 5.84. The molecular weight excluding hydrogens is 364 g/mol. The molecule has 0 saturated carbocycles. The van der Waals surface area contributed by atoms with E-state index in [4.69, 9.17) is 10.5 Å². The van der Waals surface area contributed by atoms with Gasteiger partial charge in [0.2, 0.25) is 10.0 Å². The molecule has 1 atom stereocenters. The monoisotopic (exact) mass is 390 g/mol. The maximum Gasteiger partial charge on any atom is 0.339 e. The Morgan fingerprint density at radius 2 is 1.70 bits per heavy atom. The number of nitrogens with two attached hydrogens (primary N) is 1. The molecule has 0 aliphatic rings. The first kappa shape index (κ1) is 21.1. The summed E-state index contributed by atoms with van der Waals surface area (Å²) in [6, 6.07) is 11.8. The van der Waals surface area contributed by atoms with Crippen LogP contribution in [0.4, 0.5) is 0 Å². The number of hydrogen-bond acceptors (Lipinski definition) is 5. The normalized spacial score (nSPS) is 12.8. The van der Waals surface area contributed by atoms with E-state index >= 15 is 0 Å². The van der Waals surface area contributed by atoms with Gasteiger partial charge in [0.05, 0.1) is 17.6 Å². The van der Waals surface area contributed by atoms with Crippen molar-refractivity contribution in [2.24, 2.45) is 5.73 Å². The molecule has 0 saturated heterocycles. The number of esters is 1. The zero-order valence-electron chi connectivity index (χ0n) is 16.0. The minimum absolute atomic E-state index is 0.000132. The molecule has 0 heterocycles. The molecule has 27 heavy (non-hydrogen) atoms. The summed E-state index contributed by atoms with van der Waals surface area (Å²) in [5, 5.41) is 0. The fourth-order valence-corrected chi connectivity index (χ4v) is 3.90. The molecule has 146 valence electrons. The largest absolute Gasteiger partial charge is 0.465 e. The molecule has 2 aromatic carbocycles. The summed E-state index contributed by atoms with van der Waals surface area (Å²) >= 11 is 0. The minimum Gasteiger partial charge on any atom is -0.465 e. The molecule has 1 unspecified atom stereocenters. The van der Waals surface area contributed by atoms with Gasteiger partial charge in [-0.2, -0.15) is 0 Å². The van der Waals surface area contributed by atoms with Gasteiger partial charge >= 0.3 is 5.97 Å². The Labute approximate surface area is 160 Å². The fourth-order valence-electron chi connectivity index (χ4n) is 2.67. The molecule has 0 amide bonds. The predicted molar refractivity (Wildman–Crippen MR) is 105 cm³/mol. The number of nitrogens with one attached hydrogen (secondary N) is 1. The third-order valence-electron chi connectivity index (χ3n) is 4.35. The van der Waals surface area contributed by atoms with Crippen LogP contribution < -0.4 is 10.5 Å². The molecule has 0 spiro atoms. The number of aryl methyl sites for hydroxylation is 1. The Hall–Kier alpha value is -2.22. The van der Waals surface area contributed by atoms with Crippen molar-refractivity contribution in [1.82, 2.24) is 4.72 Å². The van der Waals surface area contributed by atoms with Gasteiger partial charge in [-0.3, -0.25) is 0 Å². The van der Waals surface area contributed by atoms with Crippen molar-refractivity contribution >= 4 is 16.0 Å². The summed E-state index contributed by atoms with van der Waals surface area (Å²) in [5.41, 5.74) is 8.92. The van der Waals surface area contributed by atoms with Gasteiger partial charge in [-0.15, -0.1) is 0 Å². The van der Waals surface area contributed by atoms with Crippen LogP contribution in [0.2, 0.25) is 0 Å². The average Bonchev–Trinajstić information content (AvgIpc) is 2.65. The zero-order chi connectivity index (χ0) is 20.2. The second-order valence-corrected chi connectivity index (χ2v) is 8.51. The van der Waals surface area contributed by atoms with Crippen LogP contribution in [0.25, 0.3) is 0 Å². The fraction of sp³-hybridized carbons (Fsp3) is 0.350. The van der Waals surface area contributed by atoms with E-state index in [1.807, 2.05) is 24.3 Å². The van der Waals surface area contributed by atoms with Gasteiger partial charge in [0, 0.05) is 12.6 Å². The van der Waals surface area contributed by atoms with Crippen molar-refractivity contribution in [2.75, 3.05) is 13.7 Å². The van der Waals surface area contributed by atoms with E-state index in [0.29, 0.717) is 5.92 Å². The van der Waals surface area contributed by atoms with Gasteiger partial charge in [0.15, 0.2) is 0 Å². The number of hydrogen-bond donors (Lipinski definition) is 2. The highest BCUT2D eigenvalue weighted by molar-refractivity contribution is 7.89. The summed E-state index contributed by atoms with van der Waals surface area (Å²) in [6.07, 6.45) is 0. The van der Waals surface area contributed by atoms with Gasteiger partial charge < -0.3 is 10.5 Å².